The number of thioether (sulfide) groups is 1. The van der Waals surface area contributed by atoms with Crippen molar-refractivity contribution in [2.75, 3.05) is 0 Å². The van der Waals surface area contributed by atoms with Crippen LogP contribution < -0.4 is 4.87 Å². The standard InChI is InChI=1S/C15H15NO2S2/c17-15-16-14-13(20-15)11(9-2-1-5-18-9)10-7-3-4-8(6-7)12(10)19-14/h1-2,5,7-8,10-12H,3-4,6H2,(H,16,17)/t7-,8+,10-,11-,12-/m0/s1. The largest absolute Gasteiger partial charge is 0.469 e. The Labute approximate surface area is 124 Å². The average Bonchev–Trinajstić information content (AvgIpc) is 3.19. The molecule has 0 amide bonds. The van der Waals surface area contributed by atoms with E-state index in [1.807, 2.05) is 17.8 Å². The van der Waals surface area contributed by atoms with Gasteiger partial charge in [-0.25, -0.2) is 0 Å². The summed E-state index contributed by atoms with van der Waals surface area (Å²) < 4.78 is 5.74. The third-order valence-electron chi connectivity index (χ3n) is 5.32. The zero-order valence-corrected chi connectivity index (χ0v) is 12.5. The van der Waals surface area contributed by atoms with Gasteiger partial charge in [-0.1, -0.05) is 11.3 Å². The molecule has 5 heteroatoms. The molecule has 0 saturated heterocycles. The Hall–Kier alpha value is -0.940. The van der Waals surface area contributed by atoms with Crippen LogP contribution in [0.25, 0.3) is 0 Å². The predicted octanol–water partition coefficient (Wildman–Crippen LogP) is 3.68. The lowest BCUT2D eigenvalue weighted by atomic mass is 9.77. The van der Waals surface area contributed by atoms with Crippen LogP contribution in [0.4, 0.5) is 0 Å². The average molecular weight is 305 g/mol. The fourth-order valence-corrected chi connectivity index (χ4v) is 7.51. The molecule has 104 valence electrons. The zero-order valence-electron chi connectivity index (χ0n) is 10.9. The summed E-state index contributed by atoms with van der Waals surface area (Å²) in [6.45, 7) is 0. The molecule has 2 aliphatic carbocycles. The molecule has 2 aromatic rings. The Morgan fingerprint density at radius 1 is 1.30 bits per heavy atom. The molecule has 3 heterocycles. The molecular formula is C15H15NO2S2. The summed E-state index contributed by atoms with van der Waals surface area (Å²) in [7, 11) is 0. The molecule has 0 aromatic carbocycles. The highest BCUT2D eigenvalue weighted by Gasteiger charge is 2.55. The molecule has 1 N–H and O–H groups in total. The molecule has 20 heavy (non-hydrogen) atoms. The quantitative estimate of drug-likeness (QED) is 0.874. The maximum absolute atomic E-state index is 11.8. The molecule has 3 aliphatic rings. The van der Waals surface area contributed by atoms with Crippen LogP contribution in [0.1, 0.15) is 35.8 Å². The molecule has 5 atom stereocenters. The zero-order chi connectivity index (χ0) is 13.3. The van der Waals surface area contributed by atoms with E-state index in [2.05, 4.69) is 11.1 Å². The van der Waals surface area contributed by atoms with Crippen molar-refractivity contribution < 1.29 is 4.42 Å². The molecule has 2 aromatic heterocycles. The summed E-state index contributed by atoms with van der Waals surface area (Å²) in [4.78, 5) is 16.1. The summed E-state index contributed by atoms with van der Waals surface area (Å²) in [5, 5.41) is 1.77. The van der Waals surface area contributed by atoms with Crippen LogP contribution in [0, 0.1) is 17.8 Å². The van der Waals surface area contributed by atoms with Gasteiger partial charge >= 0.3 is 4.87 Å². The summed E-state index contributed by atoms with van der Waals surface area (Å²) in [5.74, 6) is 3.65. The lowest BCUT2D eigenvalue weighted by Gasteiger charge is -2.38. The molecule has 0 radical (unpaired) electrons. The Morgan fingerprint density at radius 2 is 2.20 bits per heavy atom. The van der Waals surface area contributed by atoms with Gasteiger partial charge in [0.15, 0.2) is 0 Å². The van der Waals surface area contributed by atoms with Crippen molar-refractivity contribution >= 4 is 23.1 Å². The molecular weight excluding hydrogens is 290 g/mol. The van der Waals surface area contributed by atoms with Crippen molar-refractivity contribution in [2.24, 2.45) is 17.8 Å². The van der Waals surface area contributed by atoms with E-state index < -0.39 is 0 Å². The number of hydrogen-bond acceptors (Lipinski definition) is 4. The molecule has 2 saturated carbocycles. The number of hydrogen-bond donors (Lipinski definition) is 1. The van der Waals surface area contributed by atoms with E-state index >= 15 is 0 Å². The van der Waals surface area contributed by atoms with Crippen LogP contribution in [0.15, 0.2) is 32.6 Å². The van der Waals surface area contributed by atoms with Gasteiger partial charge in [0.25, 0.3) is 0 Å². The van der Waals surface area contributed by atoms with E-state index in [9.17, 15) is 4.79 Å². The van der Waals surface area contributed by atoms with Gasteiger partial charge in [-0.3, -0.25) is 4.79 Å². The molecule has 1 aliphatic heterocycles. The molecule has 2 fully saturated rings. The monoisotopic (exact) mass is 305 g/mol. The first-order valence-corrected chi connectivity index (χ1v) is 8.94. The summed E-state index contributed by atoms with van der Waals surface area (Å²) in [6.07, 6.45) is 5.86. The van der Waals surface area contributed by atoms with Crippen molar-refractivity contribution in [2.45, 2.75) is 35.5 Å². The van der Waals surface area contributed by atoms with Crippen LogP contribution in [0.5, 0.6) is 0 Å². The van der Waals surface area contributed by atoms with Crippen LogP contribution in [-0.4, -0.2) is 10.2 Å². The van der Waals surface area contributed by atoms with Crippen LogP contribution in [-0.2, 0) is 0 Å². The first-order chi connectivity index (χ1) is 9.81. The Kier molecular flexibility index (Phi) is 2.36. The number of H-pyrrole nitrogens is 1. The Bertz CT molecular complexity index is 702. The lowest BCUT2D eigenvalue weighted by Crippen LogP contribution is -2.33. The second-order valence-electron chi connectivity index (χ2n) is 6.19. The van der Waals surface area contributed by atoms with Gasteiger partial charge in [0, 0.05) is 5.25 Å². The minimum absolute atomic E-state index is 0.0753. The van der Waals surface area contributed by atoms with Gasteiger partial charge in [0.05, 0.1) is 22.1 Å². The number of nitrogens with one attached hydrogen (secondary N) is 1. The van der Waals surface area contributed by atoms with Crippen molar-refractivity contribution in [1.82, 2.24) is 4.98 Å². The van der Waals surface area contributed by atoms with E-state index in [4.69, 9.17) is 4.42 Å². The number of fused-ring (bicyclic) bond motifs is 6. The van der Waals surface area contributed by atoms with Crippen molar-refractivity contribution in [3.63, 3.8) is 0 Å². The normalized spacial score (nSPS) is 37.9. The summed E-state index contributed by atoms with van der Waals surface area (Å²) >= 11 is 3.31. The number of aromatic nitrogens is 1. The lowest BCUT2D eigenvalue weighted by molar-refractivity contribution is 0.283. The number of rotatable bonds is 1. The van der Waals surface area contributed by atoms with Gasteiger partial charge in [0.2, 0.25) is 0 Å². The van der Waals surface area contributed by atoms with Crippen molar-refractivity contribution in [3.05, 3.63) is 38.7 Å². The number of furan rings is 1. The first kappa shape index (κ1) is 11.7. The van der Waals surface area contributed by atoms with E-state index in [0.717, 1.165) is 22.6 Å². The third-order valence-corrected chi connectivity index (χ3v) is 7.94. The molecule has 3 nitrogen and oxygen atoms in total. The molecule has 5 rings (SSSR count). The third kappa shape index (κ3) is 1.45. The maximum atomic E-state index is 11.8. The highest BCUT2D eigenvalue weighted by atomic mass is 32.2. The fraction of sp³-hybridized carbons (Fsp3) is 0.533. The SMILES string of the molecule is O=c1[nH]c2c(s1)[C@@H](c1ccco1)[C@@H]1[C@H]3CC[C@H](C3)[C@@H]1S2. The molecule has 2 bridgehead atoms. The summed E-state index contributed by atoms with van der Waals surface area (Å²) in [5.41, 5.74) is 0. The highest BCUT2D eigenvalue weighted by molar-refractivity contribution is 8.00. The van der Waals surface area contributed by atoms with Crippen molar-refractivity contribution in [1.29, 1.82) is 0 Å². The van der Waals surface area contributed by atoms with Crippen molar-refractivity contribution in [3.8, 4) is 0 Å². The molecule has 0 spiro atoms. The second-order valence-corrected chi connectivity index (χ2v) is 8.40. The second kappa shape index (κ2) is 4.04. The van der Waals surface area contributed by atoms with E-state index in [1.165, 1.54) is 35.5 Å². The van der Waals surface area contributed by atoms with Crippen LogP contribution in [0.2, 0.25) is 0 Å². The Balaban J connectivity index is 1.71. The van der Waals surface area contributed by atoms with Crippen LogP contribution in [0.3, 0.4) is 0 Å². The highest BCUT2D eigenvalue weighted by Crippen LogP contribution is 2.63. The minimum Gasteiger partial charge on any atom is -0.469 e. The first-order valence-electron chi connectivity index (χ1n) is 7.24. The van der Waals surface area contributed by atoms with Gasteiger partial charge in [-0.2, -0.15) is 0 Å². The van der Waals surface area contributed by atoms with Gasteiger partial charge in [-0.15, -0.1) is 11.8 Å². The van der Waals surface area contributed by atoms with E-state index in [-0.39, 0.29) is 4.87 Å². The fourth-order valence-electron chi connectivity index (χ4n) is 4.64. The van der Waals surface area contributed by atoms with Gasteiger partial charge < -0.3 is 9.40 Å². The van der Waals surface area contributed by atoms with E-state index in [1.54, 1.807) is 6.26 Å². The maximum Gasteiger partial charge on any atom is 0.305 e. The van der Waals surface area contributed by atoms with Crippen LogP contribution >= 0.6 is 23.1 Å². The topological polar surface area (TPSA) is 46.0 Å². The minimum atomic E-state index is 0.0753. The molecule has 0 unspecified atom stereocenters. The summed E-state index contributed by atoms with van der Waals surface area (Å²) in [6, 6.07) is 4.05. The van der Waals surface area contributed by atoms with Gasteiger partial charge in [0.1, 0.15) is 5.76 Å². The van der Waals surface area contributed by atoms with Gasteiger partial charge in [-0.05, 0) is 49.1 Å². The number of thiazole rings is 1. The Morgan fingerprint density at radius 3 is 3.05 bits per heavy atom. The number of aromatic amines is 1. The van der Waals surface area contributed by atoms with E-state index in [0.29, 0.717) is 17.1 Å². The predicted molar refractivity (Wildman–Crippen MR) is 79.5 cm³/mol. The smallest absolute Gasteiger partial charge is 0.305 e.